The fraction of sp³-hybridized carbons (Fsp3) is 0.444. The van der Waals surface area contributed by atoms with Gasteiger partial charge in [-0.05, 0) is 34.6 Å². The summed E-state index contributed by atoms with van der Waals surface area (Å²) >= 11 is 0. The number of benzene rings is 2. The molecule has 1 aliphatic carbocycles. The van der Waals surface area contributed by atoms with Crippen LogP contribution < -0.4 is 10.6 Å². The predicted octanol–water partition coefficient (Wildman–Crippen LogP) is 3.55. The van der Waals surface area contributed by atoms with Crippen LogP contribution in [-0.4, -0.2) is 55.0 Å². The summed E-state index contributed by atoms with van der Waals surface area (Å²) in [6, 6.07) is 15.8. The first-order chi connectivity index (χ1) is 16.8. The Morgan fingerprint density at radius 3 is 2.29 bits per heavy atom. The van der Waals surface area contributed by atoms with E-state index in [4.69, 9.17) is 14.6 Å². The quantitative estimate of drug-likeness (QED) is 0.506. The van der Waals surface area contributed by atoms with Gasteiger partial charge in [0, 0.05) is 31.0 Å². The van der Waals surface area contributed by atoms with E-state index in [0.717, 1.165) is 22.3 Å². The molecule has 4 rings (SSSR count). The number of carbonyl (C=O) groups is 3. The number of aliphatic carboxylic acids is 1. The van der Waals surface area contributed by atoms with E-state index in [1.807, 2.05) is 38.1 Å². The summed E-state index contributed by atoms with van der Waals surface area (Å²) in [7, 11) is 0. The van der Waals surface area contributed by atoms with Gasteiger partial charge in [0.1, 0.15) is 12.7 Å². The zero-order valence-corrected chi connectivity index (χ0v) is 20.0. The van der Waals surface area contributed by atoms with E-state index in [1.165, 1.54) is 0 Å². The van der Waals surface area contributed by atoms with Gasteiger partial charge in [-0.2, -0.15) is 0 Å². The van der Waals surface area contributed by atoms with Crippen molar-refractivity contribution < 1.29 is 29.0 Å². The van der Waals surface area contributed by atoms with Gasteiger partial charge in [0.25, 0.3) is 0 Å². The molecule has 2 aromatic rings. The molecule has 2 amide bonds. The number of ether oxygens (including phenoxy) is 2. The molecule has 2 aliphatic rings. The maximum atomic E-state index is 12.8. The molecule has 186 valence electrons. The Balaban J connectivity index is 1.30. The fourth-order valence-corrected chi connectivity index (χ4v) is 4.90. The molecule has 0 saturated carbocycles. The smallest absolute Gasteiger partial charge is 0.407 e. The van der Waals surface area contributed by atoms with Crippen molar-refractivity contribution in [1.82, 2.24) is 10.6 Å². The van der Waals surface area contributed by atoms with Gasteiger partial charge in [0.15, 0.2) is 0 Å². The van der Waals surface area contributed by atoms with Gasteiger partial charge >= 0.3 is 12.1 Å². The van der Waals surface area contributed by atoms with Crippen molar-refractivity contribution in [2.45, 2.75) is 44.8 Å². The molecule has 2 aromatic carbocycles. The number of alkyl carbamates (subject to hydrolysis) is 1. The molecule has 1 saturated heterocycles. The standard InChI is InChI=1S/C27H32N2O6/c1-16(2)23(13-24(30)31)29-26(32)25-17(11-12-34-25)14-28-27(33)35-15-22-20-9-5-3-7-18(20)19-8-4-6-10-21(19)22/h3-10,16-17,22-23,25H,11-15H2,1-2H3,(H,28,33)(H,29,32)(H,30,31)/t17-,23-,25-/m0/s1. The minimum Gasteiger partial charge on any atom is -0.481 e. The van der Waals surface area contributed by atoms with Crippen molar-refractivity contribution in [2.24, 2.45) is 11.8 Å². The van der Waals surface area contributed by atoms with E-state index in [9.17, 15) is 14.4 Å². The second-order valence-electron chi connectivity index (χ2n) is 9.50. The highest BCUT2D eigenvalue weighted by atomic mass is 16.5. The average molecular weight is 481 g/mol. The van der Waals surface area contributed by atoms with Crippen LogP contribution in [0.5, 0.6) is 0 Å². The SMILES string of the molecule is CC(C)[C@H](CC(=O)O)NC(=O)[C@H]1OCC[C@H]1CNC(=O)OCC1c2ccccc2-c2ccccc21. The van der Waals surface area contributed by atoms with E-state index >= 15 is 0 Å². The number of carboxylic acid groups (broad SMARTS) is 1. The fourth-order valence-electron chi connectivity index (χ4n) is 4.90. The number of rotatable bonds is 9. The molecular formula is C27H32N2O6. The van der Waals surface area contributed by atoms with Crippen LogP contribution in [0, 0.1) is 11.8 Å². The summed E-state index contributed by atoms with van der Waals surface area (Å²) in [5.41, 5.74) is 4.61. The molecule has 0 spiro atoms. The average Bonchev–Trinajstić information content (AvgIpc) is 3.43. The van der Waals surface area contributed by atoms with Crippen LogP contribution in [0.15, 0.2) is 48.5 Å². The Kier molecular flexibility index (Phi) is 7.70. The van der Waals surface area contributed by atoms with Crippen LogP contribution in [0.25, 0.3) is 11.1 Å². The Bertz CT molecular complexity index is 1040. The highest BCUT2D eigenvalue weighted by Crippen LogP contribution is 2.44. The molecule has 3 atom stereocenters. The van der Waals surface area contributed by atoms with Crippen LogP contribution in [0.4, 0.5) is 4.79 Å². The third kappa shape index (κ3) is 5.65. The summed E-state index contributed by atoms with van der Waals surface area (Å²) in [6.07, 6.45) is -0.811. The maximum Gasteiger partial charge on any atom is 0.407 e. The number of fused-ring (bicyclic) bond motifs is 3. The van der Waals surface area contributed by atoms with Crippen LogP contribution >= 0.6 is 0 Å². The third-order valence-electron chi connectivity index (χ3n) is 6.85. The first-order valence-electron chi connectivity index (χ1n) is 12.1. The first-order valence-corrected chi connectivity index (χ1v) is 12.1. The lowest BCUT2D eigenvalue weighted by Crippen LogP contribution is -2.48. The van der Waals surface area contributed by atoms with Gasteiger partial charge in [0.2, 0.25) is 5.91 Å². The van der Waals surface area contributed by atoms with Gasteiger partial charge in [0.05, 0.1) is 6.42 Å². The van der Waals surface area contributed by atoms with Crippen LogP contribution in [0.2, 0.25) is 0 Å². The van der Waals surface area contributed by atoms with Gasteiger partial charge in [-0.3, -0.25) is 9.59 Å². The molecular weight excluding hydrogens is 448 g/mol. The second-order valence-corrected chi connectivity index (χ2v) is 9.50. The largest absolute Gasteiger partial charge is 0.481 e. The monoisotopic (exact) mass is 480 g/mol. The van der Waals surface area contributed by atoms with Crippen molar-refractivity contribution >= 4 is 18.0 Å². The van der Waals surface area contributed by atoms with Crippen molar-refractivity contribution in [3.8, 4) is 11.1 Å². The second kappa shape index (κ2) is 10.9. The molecule has 0 radical (unpaired) electrons. The van der Waals surface area contributed by atoms with Gasteiger partial charge in [-0.25, -0.2) is 4.79 Å². The Morgan fingerprint density at radius 2 is 1.69 bits per heavy atom. The Hall–Kier alpha value is -3.39. The van der Waals surface area contributed by atoms with E-state index in [1.54, 1.807) is 0 Å². The number of carboxylic acids is 1. The number of hydrogen-bond acceptors (Lipinski definition) is 5. The molecule has 0 unspecified atom stereocenters. The van der Waals surface area contributed by atoms with E-state index < -0.39 is 24.2 Å². The molecule has 0 bridgehead atoms. The van der Waals surface area contributed by atoms with Crippen molar-refractivity contribution in [2.75, 3.05) is 19.8 Å². The number of amides is 2. The lowest BCUT2D eigenvalue weighted by Gasteiger charge is -2.24. The number of carbonyl (C=O) groups excluding carboxylic acids is 2. The summed E-state index contributed by atoms with van der Waals surface area (Å²) < 4.78 is 11.2. The van der Waals surface area contributed by atoms with E-state index in [0.29, 0.717) is 13.0 Å². The molecule has 1 aliphatic heterocycles. The highest BCUT2D eigenvalue weighted by Gasteiger charge is 2.36. The molecule has 1 fully saturated rings. The lowest BCUT2D eigenvalue weighted by atomic mass is 9.97. The van der Waals surface area contributed by atoms with Crippen LogP contribution in [0.1, 0.15) is 43.7 Å². The molecule has 3 N–H and O–H groups in total. The Labute approximate surface area is 205 Å². The van der Waals surface area contributed by atoms with Crippen LogP contribution in [-0.2, 0) is 19.1 Å². The van der Waals surface area contributed by atoms with Gasteiger partial charge in [-0.1, -0.05) is 62.4 Å². The van der Waals surface area contributed by atoms with E-state index in [-0.39, 0.29) is 43.2 Å². The van der Waals surface area contributed by atoms with Gasteiger partial charge < -0.3 is 25.2 Å². The van der Waals surface area contributed by atoms with E-state index in [2.05, 4.69) is 34.9 Å². The lowest BCUT2D eigenvalue weighted by molar-refractivity contribution is -0.138. The predicted molar refractivity (Wildman–Crippen MR) is 130 cm³/mol. The molecule has 1 heterocycles. The summed E-state index contributed by atoms with van der Waals surface area (Å²) in [6.45, 7) is 4.58. The van der Waals surface area contributed by atoms with Crippen LogP contribution in [0.3, 0.4) is 0 Å². The first kappa shape index (κ1) is 24.7. The minimum atomic E-state index is -0.968. The van der Waals surface area contributed by atoms with Gasteiger partial charge in [-0.15, -0.1) is 0 Å². The minimum absolute atomic E-state index is 0.0244. The topological polar surface area (TPSA) is 114 Å². The molecule has 35 heavy (non-hydrogen) atoms. The van der Waals surface area contributed by atoms with Crippen molar-refractivity contribution in [1.29, 1.82) is 0 Å². The number of hydrogen-bond donors (Lipinski definition) is 3. The Morgan fingerprint density at radius 1 is 1.06 bits per heavy atom. The molecule has 8 nitrogen and oxygen atoms in total. The normalized spacial score (nSPS) is 19.6. The summed E-state index contributed by atoms with van der Waals surface area (Å²) in [4.78, 5) is 36.4. The summed E-state index contributed by atoms with van der Waals surface area (Å²) in [5, 5.41) is 14.7. The molecule has 0 aromatic heterocycles. The number of nitrogens with one attached hydrogen (secondary N) is 2. The maximum absolute atomic E-state index is 12.8. The van der Waals surface area contributed by atoms with Crippen molar-refractivity contribution in [3.63, 3.8) is 0 Å². The third-order valence-corrected chi connectivity index (χ3v) is 6.85. The zero-order chi connectivity index (χ0) is 24.9. The summed E-state index contributed by atoms with van der Waals surface area (Å²) in [5.74, 6) is -1.59. The van der Waals surface area contributed by atoms with Crippen molar-refractivity contribution in [3.05, 3.63) is 59.7 Å². The molecule has 8 heteroatoms. The highest BCUT2D eigenvalue weighted by molar-refractivity contribution is 5.82. The zero-order valence-electron chi connectivity index (χ0n) is 20.0.